The highest BCUT2D eigenvalue weighted by molar-refractivity contribution is 6.58. The molecule has 4 heteroatoms. The van der Waals surface area contributed by atoms with E-state index in [1.54, 1.807) is 12.1 Å². The van der Waals surface area contributed by atoms with Gasteiger partial charge in [-0.2, -0.15) is 0 Å². The summed E-state index contributed by atoms with van der Waals surface area (Å²) in [4.78, 5) is 2.36. The van der Waals surface area contributed by atoms with Crippen LogP contribution in [0.5, 0.6) is 0 Å². The number of hydrogen-bond donors (Lipinski definition) is 2. The highest BCUT2D eigenvalue weighted by Crippen LogP contribution is 2.29. The Bertz CT molecular complexity index is 722. The maximum atomic E-state index is 9.13. The molecule has 0 spiro atoms. The molecule has 1 aliphatic heterocycles. The number of hydrogen-bond acceptors (Lipinski definition) is 3. The molecule has 0 radical (unpaired) electrons. The minimum atomic E-state index is -1.42. The van der Waals surface area contributed by atoms with Crippen LogP contribution in [0, 0.1) is 0 Å². The Balaban J connectivity index is 1.80. The smallest absolute Gasteiger partial charge is 0.423 e. The number of benzene rings is 2. The molecule has 3 rings (SSSR count). The third-order valence-corrected chi connectivity index (χ3v) is 4.14. The summed E-state index contributed by atoms with van der Waals surface area (Å²) in [6.07, 6.45) is 8.61. The fraction of sp³-hybridized carbons (Fsp3) is 0.158. The van der Waals surface area contributed by atoms with E-state index >= 15 is 0 Å². The van der Waals surface area contributed by atoms with E-state index in [1.807, 2.05) is 12.1 Å². The summed E-state index contributed by atoms with van der Waals surface area (Å²) in [5.41, 5.74) is 4.05. The van der Waals surface area contributed by atoms with Gasteiger partial charge in [0, 0.05) is 12.2 Å². The monoisotopic (exact) mass is 305 g/mol. The van der Waals surface area contributed by atoms with Crippen LogP contribution in [0.25, 0.3) is 12.2 Å². The predicted octanol–water partition coefficient (Wildman–Crippen LogP) is 2.30. The third-order valence-electron chi connectivity index (χ3n) is 4.14. The number of para-hydroxylation sites is 1. The molecule has 3 nitrogen and oxygen atoms in total. The average molecular weight is 305 g/mol. The molecule has 1 aliphatic rings. The second-order valence-electron chi connectivity index (χ2n) is 5.59. The molecule has 2 N–H and O–H groups in total. The molecule has 23 heavy (non-hydrogen) atoms. The van der Waals surface area contributed by atoms with Crippen molar-refractivity contribution in [2.45, 2.75) is 13.0 Å². The zero-order chi connectivity index (χ0) is 16.2. The summed E-state index contributed by atoms with van der Waals surface area (Å²) in [7, 11) is -1.42. The van der Waals surface area contributed by atoms with E-state index in [2.05, 4.69) is 60.4 Å². The number of rotatable bonds is 4. The summed E-state index contributed by atoms with van der Waals surface area (Å²) in [6.45, 7) is 3.10. The number of anilines is 1. The van der Waals surface area contributed by atoms with E-state index < -0.39 is 7.12 Å². The lowest BCUT2D eigenvalue weighted by Crippen LogP contribution is -2.34. The normalized spacial score (nSPS) is 16.7. The summed E-state index contributed by atoms with van der Waals surface area (Å²) in [5, 5.41) is 18.3. The van der Waals surface area contributed by atoms with Crippen molar-refractivity contribution in [3.05, 3.63) is 71.8 Å². The second-order valence-corrected chi connectivity index (χ2v) is 5.59. The van der Waals surface area contributed by atoms with Crippen LogP contribution in [0.2, 0.25) is 0 Å². The van der Waals surface area contributed by atoms with Crippen LogP contribution in [0.15, 0.2) is 60.7 Å². The van der Waals surface area contributed by atoms with Crippen molar-refractivity contribution >= 4 is 30.4 Å². The quantitative estimate of drug-likeness (QED) is 0.852. The first-order valence-electron chi connectivity index (χ1n) is 7.87. The second kappa shape index (κ2) is 6.86. The minimum absolute atomic E-state index is 0.220. The molecule has 116 valence electrons. The van der Waals surface area contributed by atoms with Crippen molar-refractivity contribution in [1.29, 1.82) is 0 Å². The van der Waals surface area contributed by atoms with E-state index in [0.717, 1.165) is 12.1 Å². The van der Waals surface area contributed by atoms with E-state index in [-0.39, 0.29) is 6.04 Å². The molecule has 2 aromatic carbocycles. The first-order valence-corrected chi connectivity index (χ1v) is 7.87. The van der Waals surface area contributed by atoms with Gasteiger partial charge in [-0.3, -0.25) is 0 Å². The lowest BCUT2D eigenvalue weighted by molar-refractivity contribution is 0.426. The number of fused-ring (bicyclic) bond motifs is 1. The van der Waals surface area contributed by atoms with E-state index in [0.29, 0.717) is 5.46 Å². The van der Waals surface area contributed by atoms with Gasteiger partial charge in [-0.25, -0.2) is 0 Å². The molecule has 0 amide bonds. The third kappa shape index (κ3) is 3.39. The highest BCUT2D eigenvalue weighted by Gasteiger charge is 2.18. The van der Waals surface area contributed by atoms with Gasteiger partial charge in [0.25, 0.3) is 0 Å². The zero-order valence-corrected chi connectivity index (χ0v) is 13.1. The van der Waals surface area contributed by atoms with Gasteiger partial charge in [-0.15, -0.1) is 0 Å². The van der Waals surface area contributed by atoms with Gasteiger partial charge in [-0.05, 0) is 29.6 Å². The maximum Gasteiger partial charge on any atom is 0.488 e. The Labute approximate surface area is 137 Å². The zero-order valence-electron chi connectivity index (χ0n) is 13.1. The SMILES string of the molecule is CCN1c2ccccc2C=CC1C=Cc1ccc(B(O)O)cc1. The Kier molecular flexibility index (Phi) is 4.65. The number of nitrogens with zero attached hydrogens (tertiary/aromatic N) is 1. The van der Waals surface area contributed by atoms with Crippen molar-refractivity contribution in [2.75, 3.05) is 11.4 Å². The van der Waals surface area contributed by atoms with Crippen LogP contribution in [-0.4, -0.2) is 29.8 Å². The topological polar surface area (TPSA) is 43.7 Å². The Morgan fingerprint density at radius 3 is 2.52 bits per heavy atom. The molecule has 0 aliphatic carbocycles. The molecule has 1 unspecified atom stereocenters. The van der Waals surface area contributed by atoms with Crippen LogP contribution in [0.4, 0.5) is 5.69 Å². The van der Waals surface area contributed by atoms with Gasteiger partial charge < -0.3 is 14.9 Å². The van der Waals surface area contributed by atoms with Crippen molar-refractivity contribution < 1.29 is 10.0 Å². The molecule has 1 heterocycles. The standard InChI is InChI=1S/C19H20BNO2/c1-2-21-18(14-10-16-5-3-4-6-19(16)21)13-9-15-7-11-17(12-8-15)20(22)23/h3-14,18,22-23H,2H2,1H3. The number of likely N-dealkylation sites (N-methyl/N-ethyl adjacent to an activating group) is 1. The van der Waals surface area contributed by atoms with Gasteiger partial charge in [0.05, 0.1) is 6.04 Å². The largest absolute Gasteiger partial charge is 0.488 e. The van der Waals surface area contributed by atoms with Gasteiger partial charge in [0.1, 0.15) is 0 Å². The van der Waals surface area contributed by atoms with E-state index in [1.165, 1.54) is 11.3 Å². The molecule has 1 atom stereocenters. The van der Waals surface area contributed by atoms with E-state index in [9.17, 15) is 0 Å². The molecular weight excluding hydrogens is 285 g/mol. The van der Waals surface area contributed by atoms with Crippen LogP contribution in [0.1, 0.15) is 18.1 Å². The first kappa shape index (κ1) is 15.6. The Morgan fingerprint density at radius 1 is 1.09 bits per heavy atom. The van der Waals surface area contributed by atoms with E-state index in [4.69, 9.17) is 10.0 Å². The van der Waals surface area contributed by atoms with Gasteiger partial charge in [-0.1, -0.05) is 66.8 Å². The van der Waals surface area contributed by atoms with Crippen molar-refractivity contribution in [3.8, 4) is 0 Å². The van der Waals surface area contributed by atoms with Crippen molar-refractivity contribution in [1.82, 2.24) is 0 Å². The highest BCUT2D eigenvalue weighted by atomic mass is 16.4. The summed E-state index contributed by atoms with van der Waals surface area (Å²) in [6, 6.07) is 15.9. The average Bonchev–Trinajstić information content (AvgIpc) is 2.59. The summed E-state index contributed by atoms with van der Waals surface area (Å²) < 4.78 is 0. The molecule has 0 aromatic heterocycles. The maximum absolute atomic E-state index is 9.13. The van der Waals surface area contributed by atoms with Gasteiger partial charge >= 0.3 is 7.12 Å². The van der Waals surface area contributed by atoms with Gasteiger partial charge in [0.2, 0.25) is 0 Å². The molecule has 0 saturated carbocycles. The predicted molar refractivity (Wildman–Crippen MR) is 97.6 cm³/mol. The molecule has 2 aromatic rings. The van der Waals surface area contributed by atoms with Crippen molar-refractivity contribution in [2.24, 2.45) is 0 Å². The van der Waals surface area contributed by atoms with Crippen molar-refractivity contribution in [3.63, 3.8) is 0 Å². The minimum Gasteiger partial charge on any atom is -0.423 e. The lowest BCUT2D eigenvalue weighted by Gasteiger charge is -2.33. The fourth-order valence-electron chi connectivity index (χ4n) is 2.89. The molecule has 0 bridgehead atoms. The molecule has 0 saturated heterocycles. The lowest BCUT2D eigenvalue weighted by atomic mass is 9.80. The van der Waals surface area contributed by atoms with Crippen LogP contribution < -0.4 is 10.4 Å². The first-order chi connectivity index (χ1) is 11.2. The van der Waals surface area contributed by atoms with Gasteiger partial charge in [0.15, 0.2) is 0 Å². The molecule has 0 fully saturated rings. The van der Waals surface area contributed by atoms with Crippen LogP contribution >= 0.6 is 0 Å². The summed E-state index contributed by atoms with van der Waals surface area (Å²) in [5.74, 6) is 0. The Hall–Kier alpha value is -2.30. The van der Waals surface area contributed by atoms with Crippen LogP contribution in [-0.2, 0) is 0 Å². The molecular formula is C19H20BNO2. The fourth-order valence-corrected chi connectivity index (χ4v) is 2.89. The summed E-state index contributed by atoms with van der Waals surface area (Å²) >= 11 is 0. The van der Waals surface area contributed by atoms with Crippen LogP contribution in [0.3, 0.4) is 0 Å². The Morgan fingerprint density at radius 2 is 1.83 bits per heavy atom.